The molecule has 1 N–H and O–H groups in total. The first kappa shape index (κ1) is 9.83. The van der Waals surface area contributed by atoms with Crippen LogP contribution >= 0.6 is 0 Å². The number of carbonyl (C=O) groups is 2. The number of likely N-dealkylation sites (N-methyl/N-ethyl adjacent to an activating group) is 1. The summed E-state index contributed by atoms with van der Waals surface area (Å²) in [6.07, 6.45) is -1.40. The molecule has 2 atom stereocenters. The molecule has 1 aliphatic rings. The second-order valence-corrected chi connectivity index (χ2v) is 3.48. The quantitative estimate of drug-likeness (QED) is 0.641. The minimum atomic E-state index is -1.10. The lowest BCUT2D eigenvalue weighted by Gasteiger charge is -2.41. The molecule has 0 spiro atoms. The summed E-state index contributed by atoms with van der Waals surface area (Å²) >= 11 is 0. The Hall–Kier alpha value is -1.26. The summed E-state index contributed by atoms with van der Waals surface area (Å²) < 4.78 is 4.84. The fourth-order valence-electron chi connectivity index (χ4n) is 1.33. The molecule has 13 heavy (non-hydrogen) atoms. The summed E-state index contributed by atoms with van der Waals surface area (Å²) in [5.74, 6) is -0.312. The van der Waals surface area contributed by atoms with Crippen molar-refractivity contribution in [2.24, 2.45) is 5.92 Å². The van der Waals surface area contributed by atoms with E-state index in [1.165, 1.54) is 7.05 Å². The first-order valence-corrected chi connectivity index (χ1v) is 4.11. The van der Waals surface area contributed by atoms with Crippen LogP contribution in [-0.4, -0.2) is 41.3 Å². The molecule has 1 fully saturated rings. The molecule has 0 aromatic rings. The van der Waals surface area contributed by atoms with Crippen LogP contribution in [0.25, 0.3) is 0 Å². The van der Waals surface area contributed by atoms with Crippen LogP contribution in [0.5, 0.6) is 0 Å². The maximum absolute atomic E-state index is 11.0. The molecular formula is C8H13NO4. The Morgan fingerprint density at radius 2 is 2.15 bits per heavy atom. The molecule has 0 aromatic heterocycles. The zero-order valence-corrected chi connectivity index (χ0v) is 7.85. The maximum Gasteiger partial charge on any atom is 0.407 e. The van der Waals surface area contributed by atoms with Gasteiger partial charge in [-0.3, -0.25) is 4.90 Å². The Balaban J connectivity index is 2.66. The highest BCUT2D eigenvalue weighted by atomic mass is 16.6. The van der Waals surface area contributed by atoms with Gasteiger partial charge in [0, 0.05) is 7.05 Å². The SMILES string of the molecule is CC(C)[C@H]1OC(=O)[C@@H]1N(C)C(=O)O. The predicted octanol–water partition coefficient (Wildman–Crippen LogP) is 0.546. The van der Waals surface area contributed by atoms with Crippen LogP contribution in [0.15, 0.2) is 0 Å². The van der Waals surface area contributed by atoms with Crippen molar-refractivity contribution in [3.05, 3.63) is 0 Å². The number of hydrogen-bond acceptors (Lipinski definition) is 3. The lowest BCUT2D eigenvalue weighted by atomic mass is 9.94. The van der Waals surface area contributed by atoms with Crippen molar-refractivity contribution in [2.75, 3.05) is 7.05 Å². The molecule has 1 amide bonds. The minimum Gasteiger partial charge on any atom is -0.465 e. The van der Waals surface area contributed by atoms with Crippen molar-refractivity contribution in [1.82, 2.24) is 4.90 Å². The molecular weight excluding hydrogens is 174 g/mol. The molecule has 1 saturated heterocycles. The van der Waals surface area contributed by atoms with Gasteiger partial charge in [0.2, 0.25) is 0 Å². The van der Waals surface area contributed by atoms with E-state index >= 15 is 0 Å². The standard InChI is InChI=1S/C8H13NO4/c1-4(2)6-5(7(10)13-6)9(3)8(11)12/h4-6H,1-3H3,(H,11,12)/t5-,6-/m1/s1. The summed E-state index contributed by atoms with van der Waals surface area (Å²) in [6, 6.07) is -0.627. The summed E-state index contributed by atoms with van der Waals surface area (Å²) in [5, 5.41) is 8.65. The highest BCUT2D eigenvalue weighted by Crippen LogP contribution is 2.26. The molecule has 0 radical (unpaired) electrons. The number of ether oxygens (including phenoxy) is 1. The van der Waals surface area contributed by atoms with Crippen LogP contribution in [0, 0.1) is 5.92 Å². The van der Waals surface area contributed by atoms with Crippen LogP contribution < -0.4 is 0 Å². The monoisotopic (exact) mass is 187 g/mol. The van der Waals surface area contributed by atoms with Gasteiger partial charge in [-0.25, -0.2) is 9.59 Å². The Morgan fingerprint density at radius 1 is 1.62 bits per heavy atom. The zero-order chi connectivity index (χ0) is 10.2. The summed E-state index contributed by atoms with van der Waals surface area (Å²) in [6.45, 7) is 3.78. The molecule has 0 bridgehead atoms. The van der Waals surface area contributed by atoms with E-state index in [1.54, 1.807) is 0 Å². The van der Waals surface area contributed by atoms with E-state index in [1.807, 2.05) is 13.8 Å². The smallest absolute Gasteiger partial charge is 0.407 e. The highest BCUT2D eigenvalue weighted by Gasteiger charge is 2.48. The van der Waals surface area contributed by atoms with E-state index in [9.17, 15) is 9.59 Å². The van der Waals surface area contributed by atoms with Gasteiger partial charge in [0.1, 0.15) is 6.10 Å². The molecule has 1 rings (SSSR count). The molecule has 74 valence electrons. The predicted molar refractivity (Wildman–Crippen MR) is 44.3 cm³/mol. The van der Waals surface area contributed by atoms with E-state index in [4.69, 9.17) is 9.84 Å². The number of amides is 1. The van der Waals surface area contributed by atoms with Crippen LogP contribution in [0.1, 0.15) is 13.8 Å². The van der Waals surface area contributed by atoms with Crippen LogP contribution in [0.3, 0.4) is 0 Å². The summed E-state index contributed by atoms with van der Waals surface area (Å²) in [5.41, 5.74) is 0. The van der Waals surface area contributed by atoms with E-state index in [0.29, 0.717) is 0 Å². The third-order valence-corrected chi connectivity index (χ3v) is 2.18. The number of nitrogens with zero attached hydrogens (tertiary/aromatic N) is 1. The van der Waals surface area contributed by atoms with E-state index < -0.39 is 18.1 Å². The molecule has 0 aromatic carbocycles. The molecule has 5 nitrogen and oxygen atoms in total. The minimum absolute atomic E-state index is 0.143. The van der Waals surface area contributed by atoms with Gasteiger partial charge in [-0.1, -0.05) is 13.8 Å². The molecule has 5 heteroatoms. The van der Waals surface area contributed by atoms with Crippen molar-refractivity contribution in [3.63, 3.8) is 0 Å². The molecule has 1 heterocycles. The van der Waals surface area contributed by atoms with Gasteiger partial charge in [-0.2, -0.15) is 0 Å². The van der Waals surface area contributed by atoms with Crippen LogP contribution in [0.4, 0.5) is 4.79 Å². The highest BCUT2D eigenvalue weighted by molar-refractivity contribution is 5.86. The van der Waals surface area contributed by atoms with E-state index in [0.717, 1.165) is 4.90 Å². The van der Waals surface area contributed by atoms with Gasteiger partial charge in [0.15, 0.2) is 6.04 Å². The summed E-state index contributed by atoms with van der Waals surface area (Å²) in [7, 11) is 1.38. The maximum atomic E-state index is 11.0. The topological polar surface area (TPSA) is 66.8 Å². The first-order valence-electron chi connectivity index (χ1n) is 4.11. The van der Waals surface area contributed by atoms with Crippen molar-refractivity contribution in [1.29, 1.82) is 0 Å². The Morgan fingerprint density at radius 3 is 2.46 bits per heavy atom. The van der Waals surface area contributed by atoms with Gasteiger partial charge in [-0.05, 0) is 5.92 Å². The van der Waals surface area contributed by atoms with Gasteiger partial charge in [0.25, 0.3) is 0 Å². The average molecular weight is 187 g/mol. The zero-order valence-electron chi connectivity index (χ0n) is 7.85. The second-order valence-electron chi connectivity index (χ2n) is 3.48. The van der Waals surface area contributed by atoms with Gasteiger partial charge >= 0.3 is 12.1 Å². The lowest BCUT2D eigenvalue weighted by molar-refractivity contribution is -0.190. The number of cyclic esters (lactones) is 1. The second kappa shape index (κ2) is 3.24. The largest absolute Gasteiger partial charge is 0.465 e. The number of esters is 1. The molecule has 1 aliphatic heterocycles. The van der Waals surface area contributed by atoms with Crippen molar-refractivity contribution in [3.8, 4) is 0 Å². The van der Waals surface area contributed by atoms with Crippen molar-refractivity contribution < 1.29 is 19.4 Å². The van der Waals surface area contributed by atoms with Crippen molar-refractivity contribution >= 4 is 12.1 Å². The van der Waals surface area contributed by atoms with E-state index in [-0.39, 0.29) is 12.0 Å². The third-order valence-electron chi connectivity index (χ3n) is 2.18. The van der Waals surface area contributed by atoms with Crippen molar-refractivity contribution in [2.45, 2.75) is 26.0 Å². The Labute approximate surface area is 76.3 Å². The third kappa shape index (κ3) is 1.59. The van der Waals surface area contributed by atoms with Crippen LogP contribution in [0.2, 0.25) is 0 Å². The van der Waals surface area contributed by atoms with Gasteiger partial charge in [-0.15, -0.1) is 0 Å². The number of rotatable bonds is 2. The lowest BCUT2D eigenvalue weighted by Crippen LogP contribution is -2.61. The number of hydrogen-bond donors (Lipinski definition) is 1. The number of carbonyl (C=O) groups excluding carboxylic acids is 1. The fraction of sp³-hybridized carbons (Fsp3) is 0.750. The van der Waals surface area contributed by atoms with Crippen LogP contribution in [-0.2, 0) is 9.53 Å². The first-order chi connectivity index (χ1) is 5.95. The number of carboxylic acid groups (broad SMARTS) is 1. The van der Waals surface area contributed by atoms with Gasteiger partial charge < -0.3 is 9.84 Å². The Kier molecular flexibility index (Phi) is 2.45. The average Bonchev–Trinajstić information content (AvgIpc) is 1.99. The molecule has 0 unspecified atom stereocenters. The van der Waals surface area contributed by atoms with Gasteiger partial charge in [0.05, 0.1) is 0 Å². The fourth-order valence-corrected chi connectivity index (χ4v) is 1.33. The molecule has 0 saturated carbocycles. The summed E-state index contributed by atoms with van der Waals surface area (Å²) in [4.78, 5) is 22.5. The Bertz CT molecular complexity index is 238. The normalized spacial score (nSPS) is 26.6. The van der Waals surface area contributed by atoms with E-state index in [2.05, 4.69) is 0 Å². The molecule has 0 aliphatic carbocycles.